The Bertz CT molecular complexity index is 361. The fourth-order valence-corrected chi connectivity index (χ4v) is 1.66. The van der Waals surface area contributed by atoms with Crippen molar-refractivity contribution in [3.05, 3.63) is 28.2 Å². The molecule has 0 saturated carbocycles. The maximum absolute atomic E-state index is 9.69. The number of hydrogen-bond donors (Lipinski definition) is 2. The number of ether oxygens (including phenoxy) is 1. The van der Waals surface area contributed by atoms with Gasteiger partial charge >= 0.3 is 0 Å². The molecule has 1 aromatic rings. The van der Waals surface area contributed by atoms with Gasteiger partial charge in [0.25, 0.3) is 0 Å². The van der Waals surface area contributed by atoms with Crippen molar-refractivity contribution in [1.82, 2.24) is 0 Å². The maximum atomic E-state index is 9.69. The van der Waals surface area contributed by atoms with E-state index in [1.54, 1.807) is 12.1 Å². The highest BCUT2D eigenvalue weighted by molar-refractivity contribution is 6.42. The van der Waals surface area contributed by atoms with E-state index in [1.165, 1.54) is 0 Å². The fourth-order valence-electron chi connectivity index (χ4n) is 1.37. The van der Waals surface area contributed by atoms with Gasteiger partial charge in [-0.05, 0) is 24.6 Å². The smallest absolute Gasteiger partial charge is 0.0945 e. The molecular weight excluding hydrogens is 273 g/mol. The van der Waals surface area contributed by atoms with Crippen molar-refractivity contribution in [2.24, 2.45) is 0 Å². The van der Waals surface area contributed by atoms with Crippen LogP contribution in [0.2, 0.25) is 10.0 Å². The largest absolute Gasteiger partial charge is 0.389 e. The first kappa shape index (κ1) is 15.6. The Morgan fingerprint density at radius 1 is 1.33 bits per heavy atom. The third kappa shape index (κ3) is 5.91. The number of rotatable bonds is 8. The zero-order chi connectivity index (χ0) is 13.4. The normalized spacial score (nSPS) is 12.4. The van der Waals surface area contributed by atoms with Crippen LogP contribution in [0.5, 0.6) is 0 Å². The molecule has 0 heterocycles. The molecule has 18 heavy (non-hydrogen) atoms. The van der Waals surface area contributed by atoms with E-state index in [2.05, 4.69) is 12.2 Å². The minimum absolute atomic E-state index is 0.342. The van der Waals surface area contributed by atoms with E-state index in [0.29, 0.717) is 29.8 Å². The van der Waals surface area contributed by atoms with Gasteiger partial charge in [-0.1, -0.05) is 36.5 Å². The molecule has 1 rings (SSSR count). The second-order valence-electron chi connectivity index (χ2n) is 4.09. The summed E-state index contributed by atoms with van der Waals surface area (Å²) in [5.74, 6) is 0. The van der Waals surface area contributed by atoms with Crippen LogP contribution in [0, 0.1) is 0 Å². The molecule has 0 spiro atoms. The number of anilines is 1. The first-order valence-electron chi connectivity index (χ1n) is 6.08. The Labute approximate surface area is 118 Å². The Morgan fingerprint density at radius 3 is 2.78 bits per heavy atom. The van der Waals surface area contributed by atoms with E-state index in [9.17, 15) is 5.11 Å². The first-order valence-corrected chi connectivity index (χ1v) is 6.83. The predicted molar refractivity (Wildman–Crippen MR) is 76.7 cm³/mol. The highest BCUT2D eigenvalue weighted by Gasteiger charge is 2.05. The Kier molecular flexibility index (Phi) is 7.44. The average Bonchev–Trinajstić information content (AvgIpc) is 2.36. The second-order valence-corrected chi connectivity index (χ2v) is 4.91. The third-order valence-electron chi connectivity index (χ3n) is 2.41. The van der Waals surface area contributed by atoms with Crippen LogP contribution in [0.1, 0.15) is 19.8 Å². The van der Waals surface area contributed by atoms with Crippen LogP contribution in [0.4, 0.5) is 5.69 Å². The van der Waals surface area contributed by atoms with Crippen molar-refractivity contribution in [2.75, 3.05) is 25.1 Å². The lowest BCUT2D eigenvalue weighted by atomic mass is 10.3. The van der Waals surface area contributed by atoms with Crippen molar-refractivity contribution in [3.63, 3.8) is 0 Å². The predicted octanol–water partition coefficient (Wildman–Crippen LogP) is 3.58. The standard InChI is InChI=1S/C13H19Cl2NO2/c1-2-3-6-18-9-11(17)8-16-10-4-5-12(14)13(15)7-10/h4-5,7,11,16-17H,2-3,6,8-9H2,1H3. The minimum Gasteiger partial charge on any atom is -0.389 e. The summed E-state index contributed by atoms with van der Waals surface area (Å²) in [6.45, 7) is 3.56. The first-order chi connectivity index (χ1) is 8.63. The second kappa shape index (κ2) is 8.59. The number of nitrogens with one attached hydrogen (secondary N) is 1. The Morgan fingerprint density at radius 2 is 2.11 bits per heavy atom. The van der Waals surface area contributed by atoms with Crippen LogP contribution in [0.15, 0.2) is 18.2 Å². The highest BCUT2D eigenvalue weighted by Crippen LogP contribution is 2.24. The number of benzene rings is 1. The molecule has 0 bridgehead atoms. The van der Waals surface area contributed by atoms with Crippen molar-refractivity contribution in [2.45, 2.75) is 25.9 Å². The van der Waals surface area contributed by atoms with Gasteiger partial charge < -0.3 is 15.2 Å². The summed E-state index contributed by atoms with van der Waals surface area (Å²) in [6, 6.07) is 5.27. The summed E-state index contributed by atoms with van der Waals surface area (Å²) in [6.07, 6.45) is 1.58. The lowest BCUT2D eigenvalue weighted by molar-refractivity contribution is 0.0422. The average molecular weight is 292 g/mol. The number of aliphatic hydroxyl groups is 1. The van der Waals surface area contributed by atoms with Crippen LogP contribution >= 0.6 is 23.2 Å². The summed E-state index contributed by atoms with van der Waals surface area (Å²) < 4.78 is 5.33. The van der Waals surface area contributed by atoms with Crippen molar-refractivity contribution < 1.29 is 9.84 Å². The molecule has 1 atom stereocenters. The monoisotopic (exact) mass is 291 g/mol. The molecule has 0 aliphatic heterocycles. The van der Waals surface area contributed by atoms with Crippen molar-refractivity contribution in [3.8, 4) is 0 Å². The van der Waals surface area contributed by atoms with Gasteiger partial charge in [0.1, 0.15) is 0 Å². The number of halogens is 2. The summed E-state index contributed by atoms with van der Waals surface area (Å²) in [7, 11) is 0. The zero-order valence-corrected chi connectivity index (χ0v) is 12.0. The summed E-state index contributed by atoms with van der Waals surface area (Å²) in [5, 5.41) is 13.8. The van der Waals surface area contributed by atoms with Crippen LogP contribution in [0.3, 0.4) is 0 Å². The fraction of sp³-hybridized carbons (Fsp3) is 0.538. The van der Waals surface area contributed by atoms with E-state index >= 15 is 0 Å². The lowest BCUT2D eigenvalue weighted by Crippen LogP contribution is -2.25. The minimum atomic E-state index is -0.531. The van der Waals surface area contributed by atoms with Gasteiger partial charge in [-0.3, -0.25) is 0 Å². The number of hydrogen-bond acceptors (Lipinski definition) is 3. The van der Waals surface area contributed by atoms with Gasteiger partial charge in [-0.15, -0.1) is 0 Å². The molecule has 0 aromatic heterocycles. The van der Waals surface area contributed by atoms with Gasteiger partial charge in [0.05, 0.1) is 22.8 Å². The quantitative estimate of drug-likeness (QED) is 0.720. The molecule has 102 valence electrons. The molecule has 3 nitrogen and oxygen atoms in total. The SMILES string of the molecule is CCCCOCC(O)CNc1ccc(Cl)c(Cl)c1. The summed E-state index contributed by atoms with van der Waals surface area (Å²) in [4.78, 5) is 0. The van der Waals surface area contributed by atoms with Gasteiger partial charge in [0.2, 0.25) is 0 Å². The van der Waals surface area contributed by atoms with E-state index in [-0.39, 0.29) is 0 Å². The third-order valence-corrected chi connectivity index (χ3v) is 3.15. The number of aliphatic hydroxyl groups excluding tert-OH is 1. The van der Waals surface area contributed by atoms with E-state index in [0.717, 1.165) is 18.5 Å². The molecular formula is C13H19Cl2NO2. The van der Waals surface area contributed by atoms with Crippen LogP contribution < -0.4 is 5.32 Å². The van der Waals surface area contributed by atoms with Gasteiger partial charge in [0, 0.05) is 18.8 Å². The van der Waals surface area contributed by atoms with Crippen LogP contribution in [-0.4, -0.2) is 31.0 Å². The van der Waals surface area contributed by atoms with Crippen molar-refractivity contribution in [1.29, 1.82) is 0 Å². The van der Waals surface area contributed by atoms with Gasteiger partial charge in [-0.25, -0.2) is 0 Å². The molecule has 2 N–H and O–H groups in total. The van der Waals surface area contributed by atoms with Crippen LogP contribution in [0.25, 0.3) is 0 Å². The Balaban J connectivity index is 2.24. The summed E-state index contributed by atoms with van der Waals surface area (Å²) >= 11 is 11.7. The zero-order valence-electron chi connectivity index (χ0n) is 10.5. The maximum Gasteiger partial charge on any atom is 0.0945 e. The van der Waals surface area contributed by atoms with Gasteiger partial charge in [-0.2, -0.15) is 0 Å². The summed E-state index contributed by atoms with van der Waals surface area (Å²) in [5.41, 5.74) is 0.831. The molecule has 0 fully saturated rings. The molecule has 1 unspecified atom stereocenters. The van der Waals surface area contributed by atoms with E-state index in [1.807, 2.05) is 6.07 Å². The lowest BCUT2D eigenvalue weighted by Gasteiger charge is -2.13. The Hall–Kier alpha value is -0.480. The molecule has 5 heteroatoms. The highest BCUT2D eigenvalue weighted by atomic mass is 35.5. The molecule has 0 amide bonds. The van der Waals surface area contributed by atoms with E-state index in [4.69, 9.17) is 27.9 Å². The molecule has 1 aromatic carbocycles. The van der Waals surface area contributed by atoms with Crippen LogP contribution in [-0.2, 0) is 4.74 Å². The number of unbranched alkanes of at least 4 members (excludes halogenated alkanes) is 1. The van der Waals surface area contributed by atoms with Gasteiger partial charge in [0.15, 0.2) is 0 Å². The topological polar surface area (TPSA) is 41.5 Å². The molecule has 0 radical (unpaired) electrons. The van der Waals surface area contributed by atoms with Crippen molar-refractivity contribution >= 4 is 28.9 Å². The molecule has 0 aliphatic rings. The molecule has 0 aliphatic carbocycles. The molecule has 0 saturated heterocycles. The van der Waals surface area contributed by atoms with E-state index < -0.39 is 6.10 Å².